The summed E-state index contributed by atoms with van der Waals surface area (Å²) in [6, 6.07) is 3.44. The molecule has 0 bridgehead atoms. The largest absolute Gasteiger partial charge is 0.453 e. The van der Waals surface area contributed by atoms with Gasteiger partial charge in [-0.25, -0.2) is 0 Å². The lowest BCUT2D eigenvalue weighted by Crippen LogP contribution is -2.47. The van der Waals surface area contributed by atoms with Crippen molar-refractivity contribution in [2.45, 2.75) is 51.7 Å². The molecular weight excluding hydrogens is 423 g/mol. The van der Waals surface area contributed by atoms with Crippen molar-refractivity contribution in [3.8, 4) is 0 Å². The summed E-state index contributed by atoms with van der Waals surface area (Å²) < 4.78 is 40.1. The molecular formula is C21H30F3N7O. The maximum atomic E-state index is 13.1. The van der Waals surface area contributed by atoms with Crippen molar-refractivity contribution < 1.29 is 18.0 Å². The Kier molecular flexibility index (Phi) is 6.55. The van der Waals surface area contributed by atoms with Gasteiger partial charge in [-0.1, -0.05) is 6.92 Å². The first-order chi connectivity index (χ1) is 15.2. The van der Waals surface area contributed by atoms with E-state index < -0.39 is 12.0 Å². The second kappa shape index (κ2) is 9.21. The van der Waals surface area contributed by atoms with E-state index in [1.807, 2.05) is 4.90 Å². The zero-order valence-corrected chi connectivity index (χ0v) is 18.5. The van der Waals surface area contributed by atoms with Gasteiger partial charge in [0.15, 0.2) is 5.65 Å². The van der Waals surface area contributed by atoms with Crippen LogP contribution in [0.1, 0.15) is 45.4 Å². The number of piperidine rings is 2. The lowest BCUT2D eigenvalue weighted by molar-refractivity contribution is -0.146. The first kappa shape index (κ1) is 22.8. The maximum absolute atomic E-state index is 13.1. The summed E-state index contributed by atoms with van der Waals surface area (Å²) in [5.41, 5.74) is 0.0487. The molecule has 2 aromatic heterocycles. The number of hydrogen-bond donors (Lipinski definition) is 1. The summed E-state index contributed by atoms with van der Waals surface area (Å²) in [6.45, 7) is 8.35. The van der Waals surface area contributed by atoms with Gasteiger partial charge in [0.2, 0.25) is 5.91 Å². The standard InChI is InChI=1S/C21H30F3N7O/c1-14-5-9-29(10-6-14)15(2)13-25-19(32)16-7-11-30(12-8-16)18-4-3-17-26-27-20(21(22,23)24)31(17)28-18/h3-4,14-16H,5-13H2,1-2H3,(H,25,32). The number of likely N-dealkylation sites (tertiary alicyclic amines) is 1. The highest BCUT2D eigenvalue weighted by Gasteiger charge is 2.38. The molecule has 1 unspecified atom stereocenters. The van der Waals surface area contributed by atoms with Gasteiger partial charge in [0, 0.05) is 31.6 Å². The Morgan fingerprint density at radius 1 is 1.12 bits per heavy atom. The van der Waals surface area contributed by atoms with Crippen LogP contribution in [0.4, 0.5) is 19.0 Å². The van der Waals surface area contributed by atoms with Crippen LogP contribution in [0.5, 0.6) is 0 Å². The predicted octanol–water partition coefficient (Wildman–Crippen LogP) is 2.60. The smallest absolute Gasteiger partial charge is 0.355 e. The van der Waals surface area contributed by atoms with Crippen molar-refractivity contribution in [2.24, 2.45) is 11.8 Å². The minimum absolute atomic E-state index is 0.0487. The highest BCUT2D eigenvalue weighted by molar-refractivity contribution is 5.79. The Labute approximate surface area is 185 Å². The molecule has 2 aliphatic rings. The molecule has 176 valence electrons. The normalized spacial score (nSPS) is 20.6. The molecule has 0 radical (unpaired) electrons. The fraction of sp³-hybridized carbons (Fsp3) is 0.714. The molecule has 32 heavy (non-hydrogen) atoms. The molecule has 1 atom stereocenters. The van der Waals surface area contributed by atoms with Crippen molar-refractivity contribution in [2.75, 3.05) is 37.6 Å². The third-order valence-corrected chi connectivity index (χ3v) is 6.71. The number of nitrogens with one attached hydrogen (secondary N) is 1. The molecule has 0 aromatic carbocycles. The summed E-state index contributed by atoms with van der Waals surface area (Å²) in [5.74, 6) is 0.0293. The van der Waals surface area contributed by atoms with E-state index in [0.29, 0.717) is 44.3 Å². The van der Waals surface area contributed by atoms with Gasteiger partial charge in [0.25, 0.3) is 5.82 Å². The molecule has 4 rings (SSSR count). The third-order valence-electron chi connectivity index (χ3n) is 6.71. The number of rotatable bonds is 5. The Balaban J connectivity index is 1.29. The number of hydrogen-bond acceptors (Lipinski definition) is 6. The minimum atomic E-state index is -4.63. The third kappa shape index (κ3) is 4.97. The molecule has 1 N–H and O–H groups in total. The van der Waals surface area contributed by atoms with Crippen LogP contribution in [0.25, 0.3) is 5.65 Å². The molecule has 4 heterocycles. The van der Waals surface area contributed by atoms with E-state index in [9.17, 15) is 18.0 Å². The van der Waals surface area contributed by atoms with Crippen molar-refractivity contribution >= 4 is 17.4 Å². The number of carbonyl (C=O) groups is 1. The summed E-state index contributed by atoms with van der Waals surface area (Å²) in [5, 5.41) is 13.9. The molecule has 0 spiro atoms. The molecule has 2 aromatic rings. The molecule has 2 fully saturated rings. The Morgan fingerprint density at radius 3 is 2.47 bits per heavy atom. The summed E-state index contributed by atoms with van der Waals surface area (Å²) in [7, 11) is 0. The van der Waals surface area contributed by atoms with Gasteiger partial charge in [-0.2, -0.15) is 17.7 Å². The number of fused-ring (bicyclic) bond motifs is 1. The topological polar surface area (TPSA) is 78.7 Å². The highest BCUT2D eigenvalue weighted by Crippen LogP contribution is 2.28. The summed E-state index contributed by atoms with van der Waals surface area (Å²) in [6.07, 6.45) is -0.947. The SMILES string of the molecule is CC1CCN(C(C)CNC(=O)C2CCN(c3ccc4nnc(C(F)(F)F)n4n3)CC2)CC1. The molecule has 0 aliphatic carbocycles. The van der Waals surface area contributed by atoms with E-state index in [1.54, 1.807) is 6.07 Å². The van der Waals surface area contributed by atoms with Crippen LogP contribution in [-0.2, 0) is 11.0 Å². The average molecular weight is 454 g/mol. The molecule has 2 aliphatic heterocycles. The lowest BCUT2D eigenvalue weighted by Gasteiger charge is -2.35. The molecule has 11 heteroatoms. The van der Waals surface area contributed by atoms with Crippen molar-refractivity contribution in [1.29, 1.82) is 0 Å². The number of anilines is 1. The van der Waals surface area contributed by atoms with Crippen LogP contribution in [0, 0.1) is 11.8 Å². The van der Waals surface area contributed by atoms with Crippen molar-refractivity contribution in [3.63, 3.8) is 0 Å². The van der Waals surface area contributed by atoms with E-state index in [4.69, 9.17) is 0 Å². The molecule has 2 saturated heterocycles. The van der Waals surface area contributed by atoms with E-state index in [-0.39, 0.29) is 17.5 Å². The minimum Gasteiger partial charge on any atom is -0.355 e. The number of aromatic nitrogens is 4. The zero-order valence-electron chi connectivity index (χ0n) is 18.5. The monoisotopic (exact) mass is 453 g/mol. The first-order valence-electron chi connectivity index (χ1n) is 11.3. The highest BCUT2D eigenvalue weighted by atomic mass is 19.4. The quantitative estimate of drug-likeness (QED) is 0.750. The van der Waals surface area contributed by atoms with Crippen LogP contribution in [0.2, 0.25) is 0 Å². The molecule has 1 amide bonds. The van der Waals surface area contributed by atoms with Gasteiger partial charge in [-0.05, 0) is 63.7 Å². The number of carbonyl (C=O) groups excluding carboxylic acids is 1. The van der Waals surface area contributed by atoms with Crippen LogP contribution in [0.15, 0.2) is 12.1 Å². The maximum Gasteiger partial charge on any atom is 0.453 e. The second-order valence-electron chi connectivity index (χ2n) is 9.06. The summed E-state index contributed by atoms with van der Waals surface area (Å²) >= 11 is 0. The lowest BCUT2D eigenvalue weighted by atomic mass is 9.95. The molecule has 8 nitrogen and oxygen atoms in total. The fourth-order valence-electron chi connectivity index (χ4n) is 4.49. The van der Waals surface area contributed by atoms with Gasteiger partial charge in [-0.3, -0.25) is 9.69 Å². The van der Waals surface area contributed by atoms with Crippen LogP contribution < -0.4 is 10.2 Å². The number of alkyl halides is 3. The molecule has 0 saturated carbocycles. The van der Waals surface area contributed by atoms with Crippen molar-refractivity contribution in [1.82, 2.24) is 30.0 Å². The van der Waals surface area contributed by atoms with Gasteiger partial charge < -0.3 is 10.2 Å². The van der Waals surface area contributed by atoms with Gasteiger partial charge in [-0.15, -0.1) is 15.3 Å². The Morgan fingerprint density at radius 2 is 1.81 bits per heavy atom. The van der Waals surface area contributed by atoms with E-state index in [0.717, 1.165) is 23.5 Å². The Bertz CT molecular complexity index is 931. The van der Waals surface area contributed by atoms with Gasteiger partial charge >= 0.3 is 6.18 Å². The number of halogens is 3. The Hall–Kier alpha value is -2.43. The number of nitrogens with zero attached hydrogens (tertiary/aromatic N) is 6. The van der Waals surface area contributed by atoms with Gasteiger partial charge in [0.1, 0.15) is 5.82 Å². The second-order valence-corrected chi connectivity index (χ2v) is 9.06. The average Bonchev–Trinajstić information content (AvgIpc) is 3.22. The fourth-order valence-corrected chi connectivity index (χ4v) is 4.49. The van der Waals surface area contributed by atoms with Crippen LogP contribution in [-0.4, -0.2) is 69.4 Å². The zero-order chi connectivity index (χ0) is 22.9. The van der Waals surface area contributed by atoms with E-state index >= 15 is 0 Å². The van der Waals surface area contributed by atoms with Crippen LogP contribution >= 0.6 is 0 Å². The van der Waals surface area contributed by atoms with Crippen molar-refractivity contribution in [3.05, 3.63) is 18.0 Å². The number of amides is 1. The summed E-state index contributed by atoms with van der Waals surface area (Å²) in [4.78, 5) is 17.0. The predicted molar refractivity (Wildman–Crippen MR) is 113 cm³/mol. The van der Waals surface area contributed by atoms with Gasteiger partial charge in [0.05, 0.1) is 0 Å². The van der Waals surface area contributed by atoms with Crippen LogP contribution in [0.3, 0.4) is 0 Å². The first-order valence-corrected chi connectivity index (χ1v) is 11.3. The van der Waals surface area contributed by atoms with E-state index in [2.05, 4.69) is 39.4 Å². The van der Waals surface area contributed by atoms with E-state index in [1.165, 1.54) is 18.9 Å².